The molecule has 12 heteroatoms. The molecular weight excluding hydrogens is 572 g/mol. The third kappa shape index (κ3) is 5.48. The summed E-state index contributed by atoms with van der Waals surface area (Å²) in [6.45, 7) is 0.725. The first kappa shape index (κ1) is 29.2. The normalized spacial score (nSPS) is 21.1. The smallest absolute Gasteiger partial charge is 0.310 e. The number of esters is 1. The van der Waals surface area contributed by atoms with Gasteiger partial charge in [-0.25, -0.2) is 5.48 Å². The summed E-state index contributed by atoms with van der Waals surface area (Å²) in [5, 5.41) is 22.9. The number of methoxy groups -OCH3 is 2. The summed E-state index contributed by atoms with van der Waals surface area (Å²) in [4.78, 5) is 24.6. The van der Waals surface area contributed by atoms with Crippen LogP contribution in [0.4, 0.5) is 5.69 Å². The molecule has 3 aromatic rings. The van der Waals surface area contributed by atoms with Gasteiger partial charge in [0.2, 0.25) is 18.4 Å². The molecule has 3 aliphatic rings. The summed E-state index contributed by atoms with van der Waals surface area (Å²) in [7, 11) is 2.93. The average Bonchev–Trinajstić information content (AvgIpc) is 3.66. The van der Waals surface area contributed by atoms with Crippen LogP contribution in [0.5, 0.6) is 34.5 Å². The lowest BCUT2D eigenvalue weighted by atomic mass is 9.65. The molecule has 0 aromatic heterocycles. The van der Waals surface area contributed by atoms with E-state index in [1.807, 2.05) is 36.4 Å². The summed E-state index contributed by atoms with van der Waals surface area (Å²) >= 11 is 0. The van der Waals surface area contributed by atoms with Gasteiger partial charge in [0.05, 0.1) is 39.4 Å². The fraction of sp³-hybridized carbons (Fsp3) is 0.375. The van der Waals surface area contributed by atoms with Crippen molar-refractivity contribution < 1.29 is 48.3 Å². The molecule has 2 aliphatic heterocycles. The van der Waals surface area contributed by atoms with Gasteiger partial charge >= 0.3 is 5.97 Å². The Kier molecular flexibility index (Phi) is 8.25. The van der Waals surface area contributed by atoms with Crippen LogP contribution in [0.25, 0.3) is 0 Å². The highest BCUT2D eigenvalue weighted by molar-refractivity contribution is 5.79. The molecule has 0 bridgehead atoms. The zero-order chi connectivity index (χ0) is 30.8. The lowest BCUT2D eigenvalue weighted by Crippen LogP contribution is -2.37. The van der Waals surface area contributed by atoms with E-state index in [2.05, 4.69) is 5.32 Å². The second kappa shape index (κ2) is 12.4. The molecule has 0 spiro atoms. The van der Waals surface area contributed by atoms with Crippen molar-refractivity contribution in [3.8, 4) is 34.5 Å². The standard InChI is InChI=1S/C32H34N2O10/c1-39-25-10-17(11-26(40-2)31(25)36)28-20-13-23-24(44-16-43-23)14-21(20)30(22-15-42-32(37)29(22)28)33-18-6-5-7-19(12-18)41-9-4-3-8-27(35)34-38/h5-7,10-14,22,28-30,33,36,38H,3-4,8-9,15-16H2,1-2H3,(H,34,35)/t22-,28+,29-,30+/m0/s1. The number of carbonyl (C=O) groups excluding carboxylic acids is 2. The molecule has 3 aromatic carbocycles. The predicted molar refractivity (Wildman–Crippen MR) is 156 cm³/mol. The minimum Gasteiger partial charge on any atom is -0.502 e. The fourth-order valence-corrected chi connectivity index (χ4v) is 6.33. The van der Waals surface area contributed by atoms with Crippen molar-refractivity contribution in [1.29, 1.82) is 0 Å². The van der Waals surface area contributed by atoms with Gasteiger partial charge in [0.15, 0.2) is 23.0 Å². The van der Waals surface area contributed by atoms with E-state index in [0.717, 1.165) is 22.4 Å². The molecule has 4 atom stereocenters. The van der Waals surface area contributed by atoms with Gasteiger partial charge in [-0.3, -0.25) is 14.8 Å². The van der Waals surface area contributed by atoms with Crippen molar-refractivity contribution in [2.24, 2.45) is 11.8 Å². The maximum absolute atomic E-state index is 13.4. The number of benzene rings is 3. The van der Waals surface area contributed by atoms with Gasteiger partial charge in [-0.05, 0) is 65.9 Å². The van der Waals surface area contributed by atoms with Crippen molar-refractivity contribution in [1.82, 2.24) is 5.48 Å². The number of fused-ring (bicyclic) bond motifs is 3. The first-order chi connectivity index (χ1) is 21.4. The van der Waals surface area contributed by atoms with Crippen molar-refractivity contribution >= 4 is 17.6 Å². The number of phenolic OH excluding ortho intramolecular Hbond substituents is 1. The van der Waals surface area contributed by atoms with Crippen molar-refractivity contribution in [3.63, 3.8) is 0 Å². The van der Waals surface area contributed by atoms with E-state index in [0.29, 0.717) is 36.7 Å². The monoisotopic (exact) mass is 606 g/mol. The topological polar surface area (TPSA) is 154 Å². The third-order valence-electron chi connectivity index (χ3n) is 8.40. The Morgan fingerprint density at radius 1 is 0.977 bits per heavy atom. The zero-order valence-electron chi connectivity index (χ0n) is 24.3. The highest BCUT2D eigenvalue weighted by Crippen LogP contribution is 2.56. The van der Waals surface area contributed by atoms with E-state index in [1.54, 1.807) is 17.6 Å². The molecule has 0 radical (unpaired) electrons. The van der Waals surface area contributed by atoms with Crippen LogP contribution in [0.15, 0.2) is 48.5 Å². The number of anilines is 1. The van der Waals surface area contributed by atoms with Gasteiger partial charge in [0, 0.05) is 30.0 Å². The van der Waals surface area contributed by atoms with Gasteiger partial charge in [0.25, 0.3) is 0 Å². The lowest BCUT2D eigenvalue weighted by Gasteiger charge is -2.40. The number of cyclic esters (lactones) is 1. The Balaban J connectivity index is 1.34. The molecule has 1 aliphatic carbocycles. The van der Waals surface area contributed by atoms with Crippen LogP contribution < -0.4 is 34.5 Å². The van der Waals surface area contributed by atoms with E-state index < -0.39 is 17.7 Å². The Morgan fingerprint density at radius 3 is 2.41 bits per heavy atom. The summed E-state index contributed by atoms with van der Waals surface area (Å²) in [5.74, 6) is 0.234. The number of aromatic hydroxyl groups is 1. The predicted octanol–water partition coefficient (Wildman–Crippen LogP) is 4.28. The van der Waals surface area contributed by atoms with E-state index in [1.165, 1.54) is 14.2 Å². The number of hydrogen-bond donors (Lipinski definition) is 4. The molecule has 4 N–H and O–H groups in total. The Hall–Kier alpha value is -4.84. The highest BCUT2D eigenvalue weighted by atomic mass is 16.7. The maximum atomic E-state index is 13.4. The van der Waals surface area contributed by atoms with Crippen LogP contribution in [-0.2, 0) is 14.3 Å². The first-order valence-corrected chi connectivity index (χ1v) is 14.4. The molecule has 0 unspecified atom stereocenters. The second-order valence-corrected chi connectivity index (χ2v) is 10.9. The summed E-state index contributed by atoms with van der Waals surface area (Å²) in [6.07, 6.45) is 1.44. The Labute approximate surface area is 253 Å². The summed E-state index contributed by atoms with van der Waals surface area (Å²) in [5.41, 5.74) is 4.94. The van der Waals surface area contributed by atoms with Crippen LogP contribution in [0.1, 0.15) is 47.9 Å². The quantitative estimate of drug-likeness (QED) is 0.107. The number of nitrogens with one attached hydrogen (secondary N) is 2. The third-order valence-corrected chi connectivity index (χ3v) is 8.40. The van der Waals surface area contributed by atoms with Crippen LogP contribution in [0.3, 0.4) is 0 Å². The molecular formula is C32H34N2O10. The molecule has 1 saturated heterocycles. The molecule has 12 nitrogen and oxygen atoms in total. The van der Waals surface area contributed by atoms with Crippen LogP contribution in [-0.4, -0.2) is 56.4 Å². The largest absolute Gasteiger partial charge is 0.502 e. The molecule has 1 fully saturated rings. The van der Waals surface area contributed by atoms with Gasteiger partial charge in [-0.2, -0.15) is 0 Å². The van der Waals surface area contributed by atoms with E-state index in [-0.39, 0.29) is 55.0 Å². The molecule has 6 rings (SSSR count). The number of unbranched alkanes of at least 4 members (excludes halogenated alkanes) is 1. The number of rotatable bonds is 11. The van der Waals surface area contributed by atoms with Crippen molar-refractivity contribution in [2.75, 3.05) is 39.5 Å². The highest BCUT2D eigenvalue weighted by Gasteiger charge is 2.52. The number of amides is 1. The first-order valence-electron chi connectivity index (χ1n) is 14.4. The number of ether oxygens (including phenoxy) is 6. The number of carbonyl (C=O) groups is 2. The van der Waals surface area contributed by atoms with Crippen molar-refractivity contribution in [2.45, 2.75) is 31.2 Å². The van der Waals surface area contributed by atoms with Crippen LogP contribution in [0.2, 0.25) is 0 Å². The minimum absolute atomic E-state index is 0.0980. The number of phenols is 1. The summed E-state index contributed by atoms with van der Waals surface area (Å²) < 4.78 is 34.0. The van der Waals surface area contributed by atoms with E-state index >= 15 is 0 Å². The van der Waals surface area contributed by atoms with Gasteiger partial charge < -0.3 is 38.8 Å². The maximum Gasteiger partial charge on any atom is 0.310 e. The number of hydroxylamine groups is 1. The molecule has 1 amide bonds. The van der Waals surface area contributed by atoms with Crippen molar-refractivity contribution in [3.05, 3.63) is 65.2 Å². The number of hydrogen-bond acceptors (Lipinski definition) is 11. The minimum atomic E-state index is -0.546. The SMILES string of the molecule is COc1cc([C@@H]2c3cc4c(cc3[C@@H](Nc3cccc(OCCCCC(=O)NO)c3)[C@H]3COC(=O)[C@H]23)OCO4)cc(OC)c1O. The van der Waals surface area contributed by atoms with Gasteiger partial charge in [-0.1, -0.05) is 6.07 Å². The molecule has 0 saturated carbocycles. The Bertz CT molecular complexity index is 1530. The summed E-state index contributed by atoms with van der Waals surface area (Å²) in [6, 6.07) is 14.6. The van der Waals surface area contributed by atoms with E-state index in [9.17, 15) is 14.7 Å². The second-order valence-electron chi connectivity index (χ2n) is 10.9. The molecule has 44 heavy (non-hydrogen) atoms. The molecule has 2 heterocycles. The fourth-order valence-electron chi connectivity index (χ4n) is 6.33. The van der Waals surface area contributed by atoms with E-state index in [4.69, 9.17) is 33.6 Å². The van der Waals surface area contributed by atoms with Crippen LogP contribution >= 0.6 is 0 Å². The average molecular weight is 607 g/mol. The lowest BCUT2D eigenvalue weighted by molar-refractivity contribution is -0.141. The van der Waals surface area contributed by atoms with Gasteiger partial charge in [0.1, 0.15) is 5.75 Å². The van der Waals surface area contributed by atoms with Gasteiger partial charge in [-0.15, -0.1) is 0 Å². The Morgan fingerprint density at radius 2 is 1.70 bits per heavy atom. The van der Waals surface area contributed by atoms with Crippen LogP contribution in [0, 0.1) is 11.8 Å². The molecule has 232 valence electrons. The zero-order valence-corrected chi connectivity index (χ0v) is 24.3.